The smallest absolute Gasteiger partial charge is 0.303 e. The number of ketones is 1. The number of hydrogen-bond acceptors (Lipinski definition) is 5. The lowest BCUT2D eigenvalue weighted by atomic mass is 9.38. The Balaban J connectivity index is 1.80. The van der Waals surface area contributed by atoms with Crippen LogP contribution >= 0.6 is 0 Å². The van der Waals surface area contributed by atoms with Crippen molar-refractivity contribution in [2.24, 2.45) is 39.4 Å². The van der Waals surface area contributed by atoms with Crippen LogP contribution in [0.25, 0.3) is 0 Å². The van der Waals surface area contributed by atoms with Gasteiger partial charge in [0.1, 0.15) is 12.2 Å². The molecule has 6 heteroatoms. The van der Waals surface area contributed by atoms with Crippen LogP contribution in [0.2, 0.25) is 0 Å². The number of carboxylic acids is 1. The number of fused-ring (bicyclic) bond motifs is 5. The van der Waals surface area contributed by atoms with Crippen molar-refractivity contribution in [3.63, 3.8) is 0 Å². The van der Waals surface area contributed by atoms with Gasteiger partial charge in [-0.1, -0.05) is 64.0 Å². The van der Waals surface area contributed by atoms with E-state index in [2.05, 4.69) is 39.8 Å². The zero-order valence-electron chi connectivity index (χ0n) is 22.8. The zero-order valence-corrected chi connectivity index (χ0v) is 22.8. The van der Waals surface area contributed by atoms with Gasteiger partial charge >= 0.3 is 11.9 Å². The van der Waals surface area contributed by atoms with Crippen molar-refractivity contribution in [3.8, 4) is 0 Å². The number of aliphatic carboxylic acids is 1. The normalized spacial score (nSPS) is 43.2. The lowest BCUT2D eigenvalue weighted by molar-refractivity contribution is -0.228. The molecule has 36 heavy (non-hydrogen) atoms. The SMILES string of the molecule is CC(=O)OC1C2C(C)(C)C(=O)C=CC2(C)C2CCC3(C)C(=CCC3C(C)=CCCC(=O)O)C2(C)C1O. The third kappa shape index (κ3) is 3.66. The van der Waals surface area contributed by atoms with Gasteiger partial charge < -0.3 is 14.9 Å². The van der Waals surface area contributed by atoms with E-state index in [4.69, 9.17) is 9.84 Å². The number of allylic oxidation sites excluding steroid dienone is 5. The number of ether oxygens (including phenoxy) is 1. The molecule has 0 heterocycles. The minimum absolute atomic E-state index is 0.000784. The Morgan fingerprint density at radius 3 is 2.44 bits per heavy atom. The summed E-state index contributed by atoms with van der Waals surface area (Å²) < 4.78 is 5.90. The number of aliphatic hydroxyl groups excluding tert-OH is 1. The second-order valence-corrected chi connectivity index (χ2v) is 12.9. The highest BCUT2D eigenvalue weighted by atomic mass is 16.6. The highest BCUT2D eigenvalue weighted by molar-refractivity contribution is 5.96. The van der Waals surface area contributed by atoms with Gasteiger partial charge in [-0.15, -0.1) is 0 Å². The summed E-state index contributed by atoms with van der Waals surface area (Å²) in [5.74, 6) is -1.26. The summed E-state index contributed by atoms with van der Waals surface area (Å²) in [5, 5.41) is 21.2. The molecule has 0 aliphatic heterocycles. The number of rotatable bonds is 5. The molecule has 2 N–H and O–H groups in total. The molecule has 0 saturated heterocycles. The second-order valence-electron chi connectivity index (χ2n) is 12.9. The van der Waals surface area contributed by atoms with E-state index < -0.39 is 40.4 Å². The van der Waals surface area contributed by atoms with Gasteiger partial charge in [0.25, 0.3) is 0 Å². The van der Waals surface area contributed by atoms with Crippen LogP contribution in [0, 0.1) is 39.4 Å². The third-order valence-electron chi connectivity index (χ3n) is 10.6. The number of carbonyl (C=O) groups is 3. The van der Waals surface area contributed by atoms with E-state index in [9.17, 15) is 19.5 Å². The first-order valence-electron chi connectivity index (χ1n) is 13.3. The molecule has 0 aromatic carbocycles. The monoisotopic (exact) mass is 498 g/mol. The Hall–Kier alpha value is -2.21. The van der Waals surface area contributed by atoms with E-state index in [-0.39, 0.29) is 35.4 Å². The van der Waals surface area contributed by atoms with Gasteiger partial charge in [-0.25, -0.2) is 0 Å². The zero-order chi connectivity index (χ0) is 26.8. The van der Waals surface area contributed by atoms with E-state index in [1.54, 1.807) is 6.08 Å². The lowest BCUT2D eigenvalue weighted by Crippen LogP contribution is -2.70. The molecular formula is C30H42O6. The third-order valence-corrected chi connectivity index (χ3v) is 10.6. The average molecular weight is 499 g/mol. The number of carboxylic acid groups (broad SMARTS) is 1. The summed E-state index contributed by atoms with van der Waals surface area (Å²) in [6.45, 7) is 13.9. The standard InChI is InChI=1S/C30H42O6/c1-17(9-8-10-23(33)34)19-11-12-20-28(19,5)15-13-21-29(6)16-14-22(32)27(3,4)25(29)24(36-18(2)31)26(35)30(20,21)7/h9,12,14,16,19,21,24-26,35H,8,10-11,13,15H2,1-7H3,(H,33,34). The first kappa shape index (κ1) is 26.8. The van der Waals surface area contributed by atoms with Gasteiger partial charge in [-0.05, 0) is 61.3 Å². The van der Waals surface area contributed by atoms with Crippen LogP contribution in [0.1, 0.15) is 80.6 Å². The molecular weight excluding hydrogens is 456 g/mol. The van der Waals surface area contributed by atoms with Crippen molar-refractivity contribution in [1.29, 1.82) is 0 Å². The van der Waals surface area contributed by atoms with E-state index in [1.807, 2.05) is 19.9 Å². The van der Waals surface area contributed by atoms with Crippen LogP contribution in [-0.2, 0) is 19.1 Å². The van der Waals surface area contributed by atoms with Crippen molar-refractivity contribution in [2.45, 2.75) is 92.8 Å². The fourth-order valence-corrected chi connectivity index (χ4v) is 9.02. The Bertz CT molecular complexity index is 1070. The van der Waals surface area contributed by atoms with Crippen LogP contribution < -0.4 is 0 Å². The fourth-order valence-electron chi connectivity index (χ4n) is 9.02. The van der Waals surface area contributed by atoms with Gasteiger partial charge in [0.05, 0.1) is 0 Å². The molecule has 0 aromatic heterocycles. The van der Waals surface area contributed by atoms with Crippen molar-refractivity contribution in [1.82, 2.24) is 0 Å². The highest BCUT2D eigenvalue weighted by Crippen LogP contribution is 2.72. The molecule has 8 unspecified atom stereocenters. The Morgan fingerprint density at radius 2 is 1.83 bits per heavy atom. The molecule has 0 aromatic rings. The summed E-state index contributed by atoms with van der Waals surface area (Å²) in [4.78, 5) is 36.3. The van der Waals surface area contributed by atoms with Crippen molar-refractivity contribution in [3.05, 3.63) is 35.5 Å². The number of carbonyl (C=O) groups excluding carboxylic acids is 2. The molecule has 8 atom stereocenters. The van der Waals surface area contributed by atoms with Crippen LogP contribution in [0.3, 0.4) is 0 Å². The van der Waals surface area contributed by atoms with Gasteiger partial charge in [-0.3, -0.25) is 14.4 Å². The number of esters is 1. The van der Waals surface area contributed by atoms with Crippen LogP contribution in [0.15, 0.2) is 35.5 Å². The minimum Gasteiger partial charge on any atom is -0.481 e. The molecule has 2 fully saturated rings. The molecule has 4 aliphatic carbocycles. The second kappa shape index (κ2) is 8.68. The van der Waals surface area contributed by atoms with Gasteiger partial charge in [0.15, 0.2) is 5.78 Å². The predicted molar refractivity (Wildman–Crippen MR) is 137 cm³/mol. The summed E-state index contributed by atoms with van der Waals surface area (Å²) in [6.07, 6.45) is 9.63. The molecule has 4 aliphatic rings. The van der Waals surface area contributed by atoms with Crippen LogP contribution in [-0.4, -0.2) is 40.1 Å². The molecule has 0 radical (unpaired) electrons. The summed E-state index contributed by atoms with van der Waals surface area (Å²) in [5.41, 5.74) is 0.400. The molecule has 4 rings (SSSR count). The van der Waals surface area contributed by atoms with Crippen molar-refractivity contribution in [2.75, 3.05) is 0 Å². The Morgan fingerprint density at radius 1 is 1.17 bits per heavy atom. The maximum atomic E-state index is 13.0. The quantitative estimate of drug-likeness (QED) is 0.396. The largest absolute Gasteiger partial charge is 0.481 e. The van der Waals surface area contributed by atoms with E-state index in [0.717, 1.165) is 19.3 Å². The maximum Gasteiger partial charge on any atom is 0.303 e. The predicted octanol–water partition coefficient (Wildman–Crippen LogP) is 5.26. The van der Waals surface area contributed by atoms with E-state index >= 15 is 0 Å². The number of hydrogen-bond donors (Lipinski definition) is 2. The first-order valence-corrected chi connectivity index (χ1v) is 13.3. The van der Waals surface area contributed by atoms with Gasteiger partial charge in [0.2, 0.25) is 0 Å². The molecule has 198 valence electrons. The molecule has 2 saturated carbocycles. The molecule has 0 amide bonds. The number of aliphatic hydroxyl groups is 1. The summed E-state index contributed by atoms with van der Waals surface area (Å²) in [6, 6.07) is 0. The molecule has 0 spiro atoms. The minimum atomic E-state index is -0.941. The molecule has 0 bridgehead atoms. The maximum absolute atomic E-state index is 13.0. The van der Waals surface area contributed by atoms with Gasteiger partial charge in [-0.2, -0.15) is 0 Å². The van der Waals surface area contributed by atoms with Crippen molar-refractivity contribution >= 4 is 17.7 Å². The summed E-state index contributed by atoms with van der Waals surface area (Å²) >= 11 is 0. The first-order chi connectivity index (χ1) is 16.6. The lowest BCUT2D eigenvalue weighted by Gasteiger charge is -2.67. The summed E-state index contributed by atoms with van der Waals surface area (Å²) in [7, 11) is 0. The van der Waals surface area contributed by atoms with Crippen LogP contribution in [0.5, 0.6) is 0 Å². The highest BCUT2D eigenvalue weighted by Gasteiger charge is 2.71. The Labute approximate surface area is 214 Å². The fraction of sp³-hybridized carbons (Fsp3) is 0.700. The van der Waals surface area contributed by atoms with Gasteiger partial charge in [0, 0.05) is 30.1 Å². The topological polar surface area (TPSA) is 101 Å². The van der Waals surface area contributed by atoms with Crippen LogP contribution in [0.4, 0.5) is 0 Å². The van der Waals surface area contributed by atoms with Crippen molar-refractivity contribution < 1.29 is 29.3 Å². The van der Waals surface area contributed by atoms with E-state index in [0.29, 0.717) is 6.42 Å². The van der Waals surface area contributed by atoms with E-state index in [1.165, 1.54) is 18.1 Å². The molecule has 6 nitrogen and oxygen atoms in total. The Kier molecular flexibility index (Phi) is 6.47. The average Bonchev–Trinajstić information content (AvgIpc) is 3.12.